The number of methoxy groups -OCH3 is 2. The Morgan fingerprint density at radius 3 is 2.35 bits per heavy atom. The Labute approximate surface area is 117 Å². The molecule has 0 aromatic heterocycles. The quantitative estimate of drug-likeness (QED) is 0.847. The van der Waals surface area contributed by atoms with E-state index in [1.54, 1.807) is 39.2 Å². The second kappa shape index (κ2) is 5.03. The summed E-state index contributed by atoms with van der Waals surface area (Å²) in [6, 6.07) is 4.79. The molecule has 0 bridgehead atoms. The first-order chi connectivity index (χ1) is 9.47. The fourth-order valence-electron chi connectivity index (χ4n) is 2.33. The molecule has 108 valence electrons. The summed E-state index contributed by atoms with van der Waals surface area (Å²) in [5.74, 6) is 0.824. The molecule has 0 saturated carbocycles. The number of amides is 3. The number of nitrogens with one attached hydrogen (secondary N) is 1. The number of imide groups is 1. The lowest BCUT2D eigenvalue weighted by atomic mass is 9.91. The van der Waals surface area contributed by atoms with Crippen molar-refractivity contribution in [1.29, 1.82) is 0 Å². The summed E-state index contributed by atoms with van der Waals surface area (Å²) in [5.41, 5.74) is -0.420. The van der Waals surface area contributed by atoms with E-state index in [9.17, 15) is 9.59 Å². The maximum Gasteiger partial charge on any atom is 0.325 e. The van der Waals surface area contributed by atoms with Crippen LogP contribution >= 0.6 is 0 Å². The standard InChI is InChI=1S/C14H18N2O4/c1-5-16-12(17)14(2,15-13(16)18)9-6-7-10(19-3)11(8-9)20-4/h6-8H,5H2,1-4H3,(H,15,18)/t14-/m1/s1. The zero-order valence-electron chi connectivity index (χ0n) is 12.0. The van der Waals surface area contributed by atoms with Crippen LogP contribution in [0.25, 0.3) is 0 Å². The highest BCUT2D eigenvalue weighted by molar-refractivity contribution is 6.07. The van der Waals surface area contributed by atoms with Crippen molar-refractivity contribution in [2.24, 2.45) is 0 Å². The van der Waals surface area contributed by atoms with Crippen LogP contribution in [0, 0.1) is 0 Å². The molecule has 20 heavy (non-hydrogen) atoms. The molecule has 1 aliphatic rings. The highest BCUT2D eigenvalue weighted by atomic mass is 16.5. The minimum Gasteiger partial charge on any atom is -0.493 e. The van der Waals surface area contributed by atoms with Crippen LogP contribution in [0.2, 0.25) is 0 Å². The van der Waals surface area contributed by atoms with Gasteiger partial charge in [-0.2, -0.15) is 0 Å². The van der Waals surface area contributed by atoms with E-state index in [0.29, 0.717) is 23.6 Å². The largest absolute Gasteiger partial charge is 0.493 e. The molecular formula is C14H18N2O4. The Bertz CT molecular complexity index is 558. The monoisotopic (exact) mass is 278 g/mol. The minimum absolute atomic E-state index is 0.266. The topological polar surface area (TPSA) is 67.9 Å². The van der Waals surface area contributed by atoms with Gasteiger partial charge in [-0.15, -0.1) is 0 Å². The third kappa shape index (κ3) is 1.97. The van der Waals surface area contributed by atoms with Crippen molar-refractivity contribution in [3.63, 3.8) is 0 Å². The van der Waals surface area contributed by atoms with Gasteiger partial charge in [0.05, 0.1) is 14.2 Å². The molecule has 0 unspecified atom stereocenters. The van der Waals surface area contributed by atoms with Crippen molar-refractivity contribution in [1.82, 2.24) is 10.2 Å². The van der Waals surface area contributed by atoms with E-state index in [1.165, 1.54) is 12.0 Å². The van der Waals surface area contributed by atoms with Crippen LogP contribution < -0.4 is 14.8 Å². The summed E-state index contributed by atoms with van der Waals surface area (Å²) >= 11 is 0. The lowest BCUT2D eigenvalue weighted by Crippen LogP contribution is -2.40. The Kier molecular flexibility index (Phi) is 3.57. The van der Waals surface area contributed by atoms with E-state index in [4.69, 9.17) is 9.47 Å². The second-order valence-corrected chi connectivity index (χ2v) is 4.67. The number of hydrogen-bond donors (Lipinski definition) is 1. The Balaban J connectivity index is 2.45. The van der Waals surface area contributed by atoms with Gasteiger partial charge >= 0.3 is 6.03 Å². The van der Waals surface area contributed by atoms with Gasteiger partial charge in [0.1, 0.15) is 5.54 Å². The summed E-state index contributed by atoms with van der Waals surface area (Å²) < 4.78 is 10.4. The van der Waals surface area contributed by atoms with Gasteiger partial charge in [-0.25, -0.2) is 4.79 Å². The van der Waals surface area contributed by atoms with Crippen molar-refractivity contribution in [2.45, 2.75) is 19.4 Å². The molecule has 1 heterocycles. The minimum atomic E-state index is -1.08. The average Bonchev–Trinajstić information content (AvgIpc) is 2.68. The van der Waals surface area contributed by atoms with Crippen LogP contribution in [-0.2, 0) is 10.3 Å². The van der Waals surface area contributed by atoms with Crippen molar-refractivity contribution >= 4 is 11.9 Å². The smallest absolute Gasteiger partial charge is 0.325 e. The summed E-state index contributed by atoms with van der Waals surface area (Å²) in [5, 5.41) is 2.73. The van der Waals surface area contributed by atoms with Crippen LogP contribution in [0.3, 0.4) is 0 Å². The third-order valence-corrected chi connectivity index (χ3v) is 3.55. The van der Waals surface area contributed by atoms with Crippen molar-refractivity contribution < 1.29 is 19.1 Å². The number of benzene rings is 1. The number of likely N-dealkylation sites (N-methyl/N-ethyl adjacent to an activating group) is 1. The third-order valence-electron chi connectivity index (χ3n) is 3.55. The number of carbonyl (C=O) groups is 2. The van der Waals surface area contributed by atoms with Gasteiger partial charge in [-0.3, -0.25) is 9.69 Å². The molecule has 1 aromatic carbocycles. The zero-order valence-corrected chi connectivity index (χ0v) is 12.0. The SMILES string of the molecule is CCN1C(=O)N[C@](C)(c2ccc(OC)c(OC)c2)C1=O. The lowest BCUT2D eigenvalue weighted by molar-refractivity contribution is -0.130. The molecule has 1 saturated heterocycles. The van der Waals surface area contributed by atoms with Gasteiger partial charge in [0.15, 0.2) is 11.5 Å². The van der Waals surface area contributed by atoms with E-state index < -0.39 is 5.54 Å². The predicted octanol–water partition coefficient (Wildman–Crippen LogP) is 1.49. The normalized spacial score (nSPS) is 21.9. The number of hydrogen-bond acceptors (Lipinski definition) is 4. The van der Waals surface area contributed by atoms with Crippen LogP contribution in [0.1, 0.15) is 19.4 Å². The number of carbonyl (C=O) groups excluding carboxylic acids is 2. The molecule has 3 amide bonds. The molecule has 1 aromatic rings. The molecular weight excluding hydrogens is 260 g/mol. The van der Waals surface area contributed by atoms with E-state index in [-0.39, 0.29) is 11.9 Å². The van der Waals surface area contributed by atoms with E-state index >= 15 is 0 Å². The van der Waals surface area contributed by atoms with Gasteiger partial charge < -0.3 is 14.8 Å². The van der Waals surface area contributed by atoms with E-state index in [1.807, 2.05) is 0 Å². The first kappa shape index (κ1) is 14.2. The molecule has 0 aliphatic carbocycles. The lowest BCUT2D eigenvalue weighted by Gasteiger charge is -2.23. The Morgan fingerprint density at radius 1 is 1.20 bits per heavy atom. The first-order valence-electron chi connectivity index (χ1n) is 6.34. The fraction of sp³-hybridized carbons (Fsp3) is 0.429. The molecule has 6 heteroatoms. The molecule has 0 spiro atoms. The maximum atomic E-state index is 12.4. The summed E-state index contributed by atoms with van der Waals surface area (Å²) in [4.78, 5) is 25.4. The molecule has 1 aliphatic heterocycles. The van der Waals surface area contributed by atoms with Gasteiger partial charge in [0.25, 0.3) is 5.91 Å². The molecule has 1 fully saturated rings. The van der Waals surface area contributed by atoms with Crippen molar-refractivity contribution in [2.75, 3.05) is 20.8 Å². The number of nitrogens with zero attached hydrogens (tertiary/aromatic N) is 1. The summed E-state index contributed by atoms with van der Waals surface area (Å²) in [7, 11) is 3.07. The molecule has 0 radical (unpaired) electrons. The van der Waals surface area contributed by atoms with Crippen LogP contribution in [0.5, 0.6) is 11.5 Å². The van der Waals surface area contributed by atoms with Gasteiger partial charge in [0, 0.05) is 6.54 Å². The highest BCUT2D eigenvalue weighted by Crippen LogP contribution is 2.35. The Morgan fingerprint density at radius 2 is 1.85 bits per heavy atom. The van der Waals surface area contributed by atoms with Crippen LogP contribution in [0.15, 0.2) is 18.2 Å². The average molecular weight is 278 g/mol. The first-order valence-corrected chi connectivity index (χ1v) is 6.34. The van der Waals surface area contributed by atoms with Gasteiger partial charge in [-0.1, -0.05) is 6.07 Å². The van der Waals surface area contributed by atoms with Crippen LogP contribution in [-0.4, -0.2) is 37.6 Å². The second-order valence-electron chi connectivity index (χ2n) is 4.67. The number of rotatable bonds is 4. The number of ether oxygens (including phenoxy) is 2. The van der Waals surface area contributed by atoms with E-state index in [0.717, 1.165) is 0 Å². The zero-order chi connectivity index (χ0) is 14.9. The van der Waals surface area contributed by atoms with Gasteiger partial charge in [-0.05, 0) is 31.5 Å². The molecule has 1 N–H and O–H groups in total. The molecule has 6 nitrogen and oxygen atoms in total. The predicted molar refractivity (Wildman–Crippen MR) is 72.8 cm³/mol. The Hall–Kier alpha value is -2.24. The van der Waals surface area contributed by atoms with Gasteiger partial charge in [0.2, 0.25) is 0 Å². The van der Waals surface area contributed by atoms with E-state index in [2.05, 4.69) is 5.32 Å². The fourth-order valence-corrected chi connectivity index (χ4v) is 2.33. The van der Waals surface area contributed by atoms with Crippen LogP contribution in [0.4, 0.5) is 4.79 Å². The van der Waals surface area contributed by atoms with Crippen molar-refractivity contribution in [3.05, 3.63) is 23.8 Å². The summed E-state index contributed by atoms with van der Waals surface area (Å²) in [6.45, 7) is 3.79. The highest BCUT2D eigenvalue weighted by Gasteiger charge is 2.48. The number of urea groups is 1. The summed E-state index contributed by atoms with van der Waals surface area (Å²) in [6.07, 6.45) is 0. The molecule has 1 atom stereocenters. The maximum absolute atomic E-state index is 12.4. The van der Waals surface area contributed by atoms with Crippen molar-refractivity contribution in [3.8, 4) is 11.5 Å². The molecule has 2 rings (SSSR count).